The average molecular weight is 297 g/mol. The van der Waals surface area contributed by atoms with Gasteiger partial charge in [0.1, 0.15) is 11.5 Å². The molecule has 0 unspecified atom stereocenters. The van der Waals surface area contributed by atoms with Crippen molar-refractivity contribution in [1.82, 2.24) is 4.98 Å². The van der Waals surface area contributed by atoms with Gasteiger partial charge in [-0.1, -0.05) is 0 Å². The third kappa shape index (κ3) is 3.50. The highest BCUT2D eigenvalue weighted by Gasteiger charge is 2.35. The Morgan fingerprint density at radius 2 is 1.95 bits per heavy atom. The Hall–Kier alpha value is -2.57. The fourth-order valence-corrected chi connectivity index (χ4v) is 1.62. The SMILES string of the molecule is Cc1ccc(Oc2ccc(C(=O)O)cc2C(F)(F)F)cn1. The molecule has 0 saturated carbocycles. The van der Waals surface area contributed by atoms with Gasteiger partial charge in [-0.15, -0.1) is 0 Å². The number of benzene rings is 1. The molecule has 110 valence electrons. The molecule has 0 fully saturated rings. The highest BCUT2D eigenvalue weighted by Crippen LogP contribution is 2.38. The van der Waals surface area contributed by atoms with Crippen LogP contribution in [0.25, 0.3) is 0 Å². The van der Waals surface area contributed by atoms with Crippen molar-refractivity contribution in [2.45, 2.75) is 13.1 Å². The lowest BCUT2D eigenvalue weighted by molar-refractivity contribution is -0.138. The third-order valence-corrected chi connectivity index (χ3v) is 2.64. The molecule has 2 rings (SSSR count). The Morgan fingerprint density at radius 1 is 1.24 bits per heavy atom. The number of rotatable bonds is 3. The van der Waals surface area contributed by atoms with E-state index >= 15 is 0 Å². The van der Waals surface area contributed by atoms with Crippen molar-refractivity contribution in [3.63, 3.8) is 0 Å². The summed E-state index contributed by atoms with van der Waals surface area (Å²) in [6, 6.07) is 5.64. The molecule has 0 radical (unpaired) electrons. The van der Waals surface area contributed by atoms with Gasteiger partial charge in [0.05, 0.1) is 17.3 Å². The topological polar surface area (TPSA) is 59.4 Å². The maximum Gasteiger partial charge on any atom is 0.420 e. The van der Waals surface area contributed by atoms with Crippen LogP contribution in [0, 0.1) is 6.92 Å². The first-order chi connectivity index (χ1) is 9.77. The van der Waals surface area contributed by atoms with Gasteiger partial charge in [-0.3, -0.25) is 4.98 Å². The number of aromatic carboxylic acids is 1. The van der Waals surface area contributed by atoms with E-state index in [1.165, 1.54) is 12.3 Å². The highest BCUT2D eigenvalue weighted by molar-refractivity contribution is 5.88. The maximum absolute atomic E-state index is 13.0. The Labute approximate surface area is 117 Å². The predicted molar refractivity (Wildman–Crippen MR) is 67.5 cm³/mol. The van der Waals surface area contributed by atoms with Gasteiger partial charge in [-0.2, -0.15) is 13.2 Å². The van der Waals surface area contributed by atoms with E-state index in [1.54, 1.807) is 13.0 Å². The molecule has 0 amide bonds. The van der Waals surface area contributed by atoms with Crippen molar-refractivity contribution in [3.8, 4) is 11.5 Å². The highest BCUT2D eigenvalue weighted by atomic mass is 19.4. The van der Waals surface area contributed by atoms with Gasteiger partial charge in [-0.05, 0) is 37.3 Å². The zero-order valence-corrected chi connectivity index (χ0v) is 10.8. The number of carboxylic acid groups (broad SMARTS) is 1. The molecule has 0 bridgehead atoms. The molecule has 1 aromatic carbocycles. The number of aryl methyl sites for hydroxylation is 1. The molecular weight excluding hydrogens is 287 g/mol. The average Bonchev–Trinajstić information content (AvgIpc) is 2.40. The number of aromatic nitrogens is 1. The first kappa shape index (κ1) is 14.8. The molecule has 0 spiro atoms. The van der Waals surface area contributed by atoms with Crippen molar-refractivity contribution in [1.29, 1.82) is 0 Å². The molecule has 1 aromatic heterocycles. The molecule has 1 heterocycles. The molecule has 2 aromatic rings. The van der Waals surface area contributed by atoms with E-state index in [1.807, 2.05) is 0 Å². The van der Waals surface area contributed by atoms with Crippen molar-refractivity contribution >= 4 is 5.97 Å². The van der Waals surface area contributed by atoms with E-state index in [2.05, 4.69) is 4.98 Å². The van der Waals surface area contributed by atoms with Crippen LogP contribution in [0.15, 0.2) is 36.5 Å². The number of pyridine rings is 1. The van der Waals surface area contributed by atoms with Gasteiger partial charge in [-0.25, -0.2) is 4.79 Å². The second kappa shape index (κ2) is 5.43. The Kier molecular flexibility index (Phi) is 3.84. The Bertz CT molecular complexity index is 666. The number of hydrogen-bond donors (Lipinski definition) is 1. The number of hydrogen-bond acceptors (Lipinski definition) is 3. The van der Waals surface area contributed by atoms with Crippen LogP contribution in [0.1, 0.15) is 21.6 Å². The molecular formula is C14H10F3NO3. The van der Waals surface area contributed by atoms with Crippen LogP contribution in [0.4, 0.5) is 13.2 Å². The quantitative estimate of drug-likeness (QED) is 0.933. The number of halogens is 3. The second-order valence-corrected chi connectivity index (χ2v) is 4.25. The summed E-state index contributed by atoms with van der Waals surface area (Å²) in [4.78, 5) is 14.7. The fraction of sp³-hybridized carbons (Fsp3) is 0.143. The number of alkyl halides is 3. The van der Waals surface area contributed by atoms with E-state index in [4.69, 9.17) is 9.84 Å². The van der Waals surface area contributed by atoms with Crippen LogP contribution < -0.4 is 4.74 Å². The molecule has 1 N–H and O–H groups in total. The van der Waals surface area contributed by atoms with E-state index < -0.39 is 29.0 Å². The van der Waals surface area contributed by atoms with E-state index in [9.17, 15) is 18.0 Å². The molecule has 4 nitrogen and oxygen atoms in total. The lowest BCUT2D eigenvalue weighted by atomic mass is 10.1. The number of ether oxygens (including phenoxy) is 1. The third-order valence-electron chi connectivity index (χ3n) is 2.64. The van der Waals surface area contributed by atoms with E-state index in [-0.39, 0.29) is 5.75 Å². The lowest BCUT2D eigenvalue weighted by Crippen LogP contribution is -2.09. The summed E-state index contributed by atoms with van der Waals surface area (Å²) in [6.07, 6.45) is -3.43. The number of nitrogens with zero attached hydrogens (tertiary/aromatic N) is 1. The summed E-state index contributed by atoms with van der Waals surface area (Å²) in [5, 5.41) is 8.77. The normalized spacial score (nSPS) is 11.2. The summed E-state index contributed by atoms with van der Waals surface area (Å²) in [7, 11) is 0. The fourth-order valence-electron chi connectivity index (χ4n) is 1.62. The van der Waals surface area contributed by atoms with Crippen LogP contribution in [-0.4, -0.2) is 16.1 Å². The van der Waals surface area contributed by atoms with Crippen molar-refractivity contribution in [2.24, 2.45) is 0 Å². The molecule has 0 aliphatic rings. The van der Waals surface area contributed by atoms with Crippen molar-refractivity contribution in [3.05, 3.63) is 53.3 Å². The van der Waals surface area contributed by atoms with Crippen LogP contribution in [-0.2, 0) is 6.18 Å². The van der Waals surface area contributed by atoms with Gasteiger partial charge in [0, 0.05) is 5.69 Å². The molecule has 0 aliphatic heterocycles. The molecule has 0 aliphatic carbocycles. The Balaban J connectivity index is 2.43. The number of carboxylic acids is 1. The largest absolute Gasteiger partial charge is 0.478 e. The van der Waals surface area contributed by atoms with Gasteiger partial charge in [0.15, 0.2) is 0 Å². The van der Waals surface area contributed by atoms with Crippen LogP contribution in [0.5, 0.6) is 11.5 Å². The minimum atomic E-state index is -4.72. The minimum Gasteiger partial charge on any atom is -0.478 e. The monoisotopic (exact) mass is 297 g/mol. The number of carbonyl (C=O) groups is 1. The summed E-state index contributed by atoms with van der Waals surface area (Å²) in [6.45, 7) is 1.73. The van der Waals surface area contributed by atoms with Gasteiger partial charge >= 0.3 is 12.1 Å². The summed E-state index contributed by atoms with van der Waals surface area (Å²) >= 11 is 0. The van der Waals surface area contributed by atoms with Gasteiger partial charge in [0.25, 0.3) is 0 Å². The van der Waals surface area contributed by atoms with Crippen molar-refractivity contribution < 1.29 is 27.8 Å². The predicted octanol–water partition coefficient (Wildman–Crippen LogP) is 3.90. The van der Waals surface area contributed by atoms with Gasteiger partial charge < -0.3 is 9.84 Å². The van der Waals surface area contributed by atoms with Gasteiger partial charge in [0.2, 0.25) is 0 Å². The molecule has 0 atom stereocenters. The second-order valence-electron chi connectivity index (χ2n) is 4.25. The molecule has 7 heteroatoms. The molecule has 21 heavy (non-hydrogen) atoms. The van der Waals surface area contributed by atoms with Crippen LogP contribution in [0.3, 0.4) is 0 Å². The van der Waals surface area contributed by atoms with Crippen LogP contribution >= 0.6 is 0 Å². The minimum absolute atomic E-state index is 0.133. The summed E-state index contributed by atoms with van der Waals surface area (Å²) < 4.78 is 44.1. The first-order valence-corrected chi connectivity index (χ1v) is 5.82. The zero-order valence-electron chi connectivity index (χ0n) is 10.8. The standard InChI is InChI=1S/C14H10F3NO3/c1-8-2-4-10(7-18-8)21-12-5-3-9(13(19)20)6-11(12)14(15,16)17/h2-7H,1H3,(H,19,20). The summed E-state index contributed by atoms with van der Waals surface area (Å²) in [5.74, 6) is -1.78. The zero-order chi connectivity index (χ0) is 15.6. The molecule has 0 saturated heterocycles. The maximum atomic E-state index is 13.0. The van der Waals surface area contributed by atoms with Crippen molar-refractivity contribution in [2.75, 3.05) is 0 Å². The lowest BCUT2D eigenvalue weighted by Gasteiger charge is -2.14. The van der Waals surface area contributed by atoms with E-state index in [0.717, 1.165) is 12.1 Å². The smallest absolute Gasteiger partial charge is 0.420 e. The summed E-state index contributed by atoms with van der Waals surface area (Å²) in [5.41, 5.74) is -0.917. The first-order valence-electron chi connectivity index (χ1n) is 5.82. The van der Waals surface area contributed by atoms with Crippen LogP contribution in [0.2, 0.25) is 0 Å². The Morgan fingerprint density at radius 3 is 2.48 bits per heavy atom. The van der Waals surface area contributed by atoms with E-state index in [0.29, 0.717) is 11.8 Å².